The molecule has 6 heteroatoms. The van der Waals surface area contributed by atoms with Crippen LogP contribution in [0, 0.1) is 18.3 Å². The van der Waals surface area contributed by atoms with E-state index in [4.69, 9.17) is 5.26 Å². The van der Waals surface area contributed by atoms with E-state index in [2.05, 4.69) is 16.4 Å². The predicted molar refractivity (Wildman–Crippen MR) is 108 cm³/mol. The van der Waals surface area contributed by atoms with Crippen molar-refractivity contribution in [1.29, 1.82) is 5.26 Å². The average Bonchev–Trinajstić information content (AvgIpc) is 2.73. The average molecular weight is 385 g/mol. The van der Waals surface area contributed by atoms with Gasteiger partial charge in [0, 0.05) is 18.0 Å². The van der Waals surface area contributed by atoms with Crippen LogP contribution in [0.2, 0.25) is 0 Å². The van der Waals surface area contributed by atoms with Gasteiger partial charge in [0.25, 0.3) is 5.91 Å². The van der Waals surface area contributed by atoms with Gasteiger partial charge in [-0.2, -0.15) is 5.26 Å². The summed E-state index contributed by atoms with van der Waals surface area (Å²) in [7, 11) is 0. The molecule has 1 unspecified atom stereocenters. The van der Waals surface area contributed by atoms with Gasteiger partial charge in [0.2, 0.25) is 0 Å². The van der Waals surface area contributed by atoms with E-state index < -0.39 is 17.9 Å². The molecule has 1 atom stereocenters. The minimum absolute atomic E-state index is 0.223. The molecule has 1 heterocycles. The summed E-state index contributed by atoms with van der Waals surface area (Å²) in [6.45, 7) is 1.88. The van der Waals surface area contributed by atoms with E-state index in [1.807, 2.05) is 31.2 Å². The van der Waals surface area contributed by atoms with Gasteiger partial charge in [-0.05, 0) is 41.8 Å². The highest BCUT2D eigenvalue weighted by atomic mass is 16.4. The fourth-order valence-corrected chi connectivity index (χ4v) is 3.09. The van der Waals surface area contributed by atoms with Gasteiger partial charge in [0.05, 0.1) is 29.7 Å². The summed E-state index contributed by atoms with van der Waals surface area (Å²) in [5.41, 5.74) is 4.10. The Balaban J connectivity index is 1.86. The Hall–Kier alpha value is -3.98. The summed E-state index contributed by atoms with van der Waals surface area (Å²) in [6.07, 6.45) is 2.85. The van der Waals surface area contributed by atoms with Crippen molar-refractivity contribution in [2.24, 2.45) is 0 Å². The minimum atomic E-state index is -0.997. The minimum Gasteiger partial charge on any atom is -0.481 e. The second-order valence-electron chi connectivity index (χ2n) is 6.63. The van der Waals surface area contributed by atoms with Crippen LogP contribution in [0.3, 0.4) is 0 Å². The number of pyridine rings is 1. The molecule has 2 aromatic carbocycles. The van der Waals surface area contributed by atoms with Gasteiger partial charge in [-0.1, -0.05) is 36.4 Å². The molecule has 0 saturated heterocycles. The van der Waals surface area contributed by atoms with E-state index >= 15 is 0 Å². The number of hydrogen-bond acceptors (Lipinski definition) is 4. The molecule has 144 valence electrons. The SMILES string of the molecule is Cc1ccccc1C(CC(=O)O)NC(=O)c1cncc(-c2ccc(C#N)cc2)c1. The molecule has 2 N–H and O–H groups in total. The fourth-order valence-electron chi connectivity index (χ4n) is 3.09. The van der Waals surface area contributed by atoms with Crippen LogP contribution < -0.4 is 5.32 Å². The molecule has 0 spiro atoms. The number of nitriles is 1. The summed E-state index contributed by atoms with van der Waals surface area (Å²) in [5.74, 6) is -1.40. The maximum absolute atomic E-state index is 12.8. The number of aryl methyl sites for hydroxylation is 1. The van der Waals surface area contributed by atoms with Crippen molar-refractivity contribution in [3.8, 4) is 17.2 Å². The Morgan fingerprint density at radius 1 is 1.10 bits per heavy atom. The van der Waals surface area contributed by atoms with Crippen LogP contribution in [0.1, 0.15) is 39.5 Å². The van der Waals surface area contributed by atoms with Gasteiger partial charge < -0.3 is 10.4 Å². The molecule has 0 aliphatic carbocycles. The number of carboxylic acid groups (broad SMARTS) is 1. The lowest BCUT2D eigenvalue weighted by Gasteiger charge is -2.19. The second kappa shape index (κ2) is 8.81. The number of carbonyl (C=O) groups is 2. The summed E-state index contributed by atoms with van der Waals surface area (Å²) in [6, 6.07) is 17.5. The van der Waals surface area contributed by atoms with Crippen molar-refractivity contribution in [2.45, 2.75) is 19.4 Å². The van der Waals surface area contributed by atoms with Crippen LogP contribution in [0.5, 0.6) is 0 Å². The molecular weight excluding hydrogens is 366 g/mol. The van der Waals surface area contributed by atoms with Gasteiger partial charge in [-0.15, -0.1) is 0 Å². The van der Waals surface area contributed by atoms with Crippen molar-refractivity contribution < 1.29 is 14.7 Å². The third kappa shape index (κ3) is 4.85. The monoisotopic (exact) mass is 385 g/mol. The Morgan fingerprint density at radius 3 is 2.48 bits per heavy atom. The Kier molecular flexibility index (Phi) is 6.00. The Labute approximate surface area is 168 Å². The highest BCUT2D eigenvalue weighted by Crippen LogP contribution is 2.23. The van der Waals surface area contributed by atoms with E-state index in [1.54, 1.807) is 36.5 Å². The van der Waals surface area contributed by atoms with Gasteiger partial charge >= 0.3 is 5.97 Å². The molecule has 0 saturated carbocycles. The highest BCUT2D eigenvalue weighted by Gasteiger charge is 2.20. The first-order chi connectivity index (χ1) is 14.0. The lowest BCUT2D eigenvalue weighted by atomic mass is 9.98. The van der Waals surface area contributed by atoms with Crippen LogP contribution >= 0.6 is 0 Å². The van der Waals surface area contributed by atoms with Gasteiger partial charge in [0.1, 0.15) is 0 Å². The fraction of sp³-hybridized carbons (Fsp3) is 0.130. The van der Waals surface area contributed by atoms with Crippen molar-refractivity contribution in [2.75, 3.05) is 0 Å². The van der Waals surface area contributed by atoms with Crippen LogP contribution in [0.15, 0.2) is 67.0 Å². The summed E-state index contributed by atoms with van der Waals surface area (Å²) in [4.78, 5) is 28.3. The normalized spacial score (nSPS) is 11.3. The molecule has 0 aliphatic rings. The largest absolute Gasteiger partial charge is 0.481 e. The number of nitrogens with zero attached hydrogens (tertiary/aromatic N) is 2. The summed E-state index contributed by atoms with van der Waals surface area (Å²) < 4.78 is 0. The molecule has 1 aromatic heterocycles. The highest BCUT2D eigenvalue weighted by molar-refractivity contribution is 5.95. The van der Waals surface area contributed by atoms with Crippen LogP contribution in [-0.4, -0.2) is 22.0 Å². The number of amides is 1. The van der Waals surface area contributed by atoms with Gasteiger partial charge in [-0.3, -0.25) is 14.6 Å². The molecule has 0 aliphatic heterocycles. The first-order valence-electron chi connectivity index (χ1n) is 9.01. The quantitative estimate of drug-likeness (QED) is 0.670. The van der Waals surface area contributed by atoms with E-state index in [1.165, 1.54) is 6.20 Å². The lowest BCUT2D eigenvalue weighted by Crippen LogP contribution is -2.30. The molecule has 0 radical (unpaired) electrons. The zero-order chi connectivity index (χ0) is 20.8. The smallest absolute Gasteiger partial charge is 0.305 e. The number of aliphatic carboxylic acids is 1. The third-order valence-corrected chi connectivity index (χ3v) is 4.60. The molecular formula is C23H19N3O3. The molecule has 3 rings (SSSR count). The number of hydrogen-bond donors (Lipinski definition) is 2. The van der Waals surface area contributed by atoms with E-state index in [9.17, 15) is 14.7 Å². The van der Waals surface area contributed by atoms with E-state index in [-0.39, 0.29) is 6.42 Å². The van der Waals surface area contributed by atoms with Gasteiger partial charge in [0.15, 0.2) is 0 Å². The standard InChI is InChI=1S/C23H19N3O3/c1-15-4-2-3-5-20(15)21(11-22(27)28)26-23(29)19-10-18(13-25-14-19)17-8-6-16(12-24)7-9-17/h2-10,13-14,21H,11H2,1H3,(H,26,29)(H,27,28). The van der Waals surface area contributed by atoms with E-state index in [0.717, 1.165) is 22.3 Å². The van der Waals surface area contributed by atoms with Crippen LogP contribution in [-0.2, 0) is 4.79 Å². The maximum Gasteiger partial charge on any atom is 0.305 e. The van der Waals surface area contributed by atoms with Crippen molar-refractivity contribution in [3.63, 3.8) is 0 Å². The van der Waals surface area contributed by atoms with Crippen LogP contribution in [0.4, 0.5) is 0 Å². The van der Waals surface area contributed by atoms with Crippen molar-refractivity contribution in [1.82, 2.24) is 10.3 Å². The van der Waals surface area contributed by atoms with E-state index in [0.29, 0.717) is 11.1 Å². The third-order valence-electron chi connectivity index (χ3n) is 4.60. The predicted octanol–water partition coefficient (Wildman–Crippen LogP) is 3.87. The summed E-state index contributed by atoms with van der Waals surface area (Å²) in [5, 5.41) is 21.0. The van der Waals surface area contributed by atoms with Crippen molar-refractivity contribution in [3.05, 3.63) is 89.2 Å². The second-order valence-corrected chi connectivity index (χ2v) is 6.63. The molecule has 6 nitrogen and oxygen atoms in total. The van der Waals surface area contributed by atoms with Gasteiger partial charge in [-0.25, -0.2) is 0 Å². The number of benzene rings is 2. The molecule has 0 fully saturated rings. The molecule has 1 amide bonds. The van der Waals surface area contributed by atoms with Crippen molar-refractivity contribution >= 4 is 11.9 Å². The number of rotatable bonds is 6. The number of carbonyl (C=O) groups excluding carboxylic acids is 1. The number of aromatic nitrogens is 1. The summed E-state index contributed by atoms with van der Waals surface area (Å²) >= 11 is 0. The number of carboxylic acids is 1. The first-order valence-corrected chi connectivity index (χ1v) is 9.01. The molecule has 29 heavy (non-hydrogen) atoms. The topological polar surface area (TPSA) is 103 Å². The first kappa shape index (κ1) is 19.8. The van der Waals surface area contributed by atoms with Crippen LogP contribution in [0.25, 0.3) is 11.1 Å². The molecule has 0 bridgehead atoms. The Morgan fingerprint density at radius 2 is 1.83 bits per heavy atom. The zero-order valence-corrected chi connectivity index (χ0v) is 15.8. The molecule has 3 aromatic rings. The lowest BCUT2D eigenvalue weighted by molar-refractivity contribution is -0.137. The maximum atomic E-state index is 12.8. The number of nitrogens with one attached hydrogen (secondary N) is 1. The zero-order valence-electron chi connectivity index (χ0n) is 15.8. The Bertz CT molecular complexity index is 1090.